The molecule has 0 amide bonds. The number of aromatic nitrogens is 2. The van der Waals surface area contributed by atoms with Crippen LogP contribution in [0.25, 0.3) is 0 Å². The van der Waals surface area contributed by atoms with Gasteiger partial charge in [0.2, 0.25) is 0 Å². The Morgan fingerprint density at radius 3 is 2.24 bits per heavy atom. The SMILES string of the molecule is Cc1cc(C)cc(C(CN)c2cc(C)[nH]n2)c1. The molecule has 0 radical (unpaired) electrons. The summed E-state index contributed by atoms with van der Waals surface area (Å²) in [6.07, 6.45) is 0. The van der Waals surface area contributed by atoms with Gasteiger partial charge in [-0.25, -0.2) is 0 Å². The molecule has 0 fully saturated rings. The summed E-state index contributed by atoms with van der Waals surface area (Å²) < 4.78 is 0. The van der Waals surface area contributed by atoms with E-state index in [9.17, 15) is 0 Å². The molecule has 3 heteroatoms. The molecule has 0 aliphatic carbocycles. The van der Waals surface area contributed by atoms with Gasteiger partial charge in [0.15, 0.2) is 0 Å². The van der Waals surface area contributed by atoms with Crippen molar-refractivity contribution in [3.05, 3.63) is 52.3 Å². The van der Waals surface area contributed by atoms with E-state index in [2.05, 4.69) is 48.3 Å². The quantitative estimate of drug-likeness (QED) is 0.849. The van der Waals surface area contributed by atoms with Gasteiger partial charge in [0.1, 0.15) is 0 Å². The Morgan fingerprint density at radius 2 is 1.76 bits per heavy atom. The average molecular weight is 229 g/mol. The normalized spacial score (nSPS) is 12.7. The summed E-state index contributed by atoms with van der Waals surface area (Å²) in [4.78, 5) is 0. The summed E-state index contributed by atoms with van der Waals surface area (Å²) in [6.45, 7) is 6.80. The highest BCUT2D eigenvalue weighted by molar-refractivity contribution is 5.35. The predicted octanol–water partition coefficient (Wildman–Crippen LogP) is 2.43. The predicted molar refractivity (Wildman–Crippen MR) is 70.1 cm³/mol. The van der Waals surface area contributed by atoms with E-state index in [4.69, 9.17) is 5.73 Å². The van der Waals surface area contributed by atoms with Crippen molar-refractivity contribution in [1.82, 2.24) is 10.2 Å². The van der Waals surface area contributed by atoms with Crippen LogP contribution in [-0.2, 0) is 0 Å². The molecule has 3 N–H and O–H groups in total. The van der Waals surface area contributed by atoms with Crippen LogP contribution in [0.15, 0.2) is 24.3 Å². The third kappa shape index (κ3) is 2.56. The van der Waals surface area contributed by atoms with E-state index in [1.807, 2.05) is 6.92 Å². The summed E-state index contributed by atoms with van der Waals surface area (Å²) in [6, 6.07) is 8.62. The van der Waals surface area contributed by atoms with Crippen molar-refractivity contribution in [2.24, 2.45) is 5.73 Å². The molecule has 1 aromatic carbocycles. The molecule has 1 heterocycles. The number of H-pyrrole nitrogens is 1. The van der Waals surface area contributed by atoms with Crippen LogP contribution in [0.1, 0.15) is 34.0 Å². The topological polar surface area (TPSA) is 54.7 Å². The third-order valence-electron chi connectivity index (χ3n) is 2.96. The maximum Gasteiger partial charge on any atom is 0.0712 e. The lowest BCUT2D eigenvalue weighted by atomic mass is 9.93. The Morgan fingerprint density at radius 1 is 1.12 bits per heavy atom. The lowest BCUT2D eigenvalue weighted by Gasteiger charge is -2.14. The number of nitrogens with zero attached hydrogens (tertiary/aromatic N) is 1. The highest BCUT2D eigenvalue weighted by Gasteiger charge is 2.15. The highest BCUT2D eigenvalue weighted by atomic mass is 15.1. The maximum absolute atomic E-state index is 5.89. The molecule has 0 aliphatic rings. The molecular weight excluding hydrogens is 210 g/mol. The van der Waals surface area contributed by atoms with Crippen LogP contribution in [0.2, 0.25) is 0 Å². The van der Waals surface area contributed by atoms with Crippen molar-refractivity contribution in [2.75, 3.05) is 6.54 Å². The number of rotatable bonds is 3. The molecule has 90 valence electrons. The minimum atomic E-state index is 0.179. The smallest absolute Gasteiger partial charge is 0.0712 e. The standard InChI is InChI=1S/C14H19N3/c1-9-4-10(2)6-12(5-9)13(8-15)14-7-11(3)16-17-14/h4-7,13H,8,15H2,1-3H3,(H,16,17). The number of aromatic amines is 1. The van der Waals surface area contributed by atoms with Gasteiger partial charge in [0, 0.05) is 18.2 Å². The van der Waals surface area contributed by atoms with E-state index in [1.54, 1.807) is 0 Å². The molecule has 0 aliphatic heterocycles. The van der Waals surface area contributed by atoms with E-state index >= 15 is 0 Å². The minimum absolute atomic E-state index is 0.179. The first-order chi connectivity index (χ1) is 8.10. The van der Waals surface area contributed by atoms with Crippen molar-refractivity contribution in [3.63, 3.8) is 0 Å². The first-order valence-corrected chi connectivity index (χ1v) is 5.90. The van der Waals surface area contributed by atoms with Crippen LogP contribution in [-0.4, -0.2) is 16.7 Å². The third-order valence-corrected chi connectivity index (χ3v) is 2.96. The number of nitrogens with two attached hydrogens (primary N) is 1. The Balaban J connectivity index is 2.41. The molecule has 0 saturated carbocycles. The zero-order chi connectivity index (χ0) is 12.4. The second kappa shape index (κ2) is 4.72. The van der Waals surface area contributed by atoms with Gasteiger partial charge in [-0.15, -0.1) is 0 Å². The Hall–Kier alpha value is -1.61. The minimum Gasteiger partial charge on any atom is -0.329 e. The average Bonchev–Trinajstić information content (AvgIpc) is 2.64. The molecule has 2 aromatic rings. The molecule has 17 heavy (non-hydrogen) atoms. The monoisotopic (exact) mass is 229 g/mol. The van der Waals surface area contributed by atoms with Gasteiger partial charge >= 0.3 is 0 Å². The molecule has 2 rings (SSSR count). The fourth-order valence-electron chi connectivity index (χ4n) is 2.26. The molecule has 1 aromatic heterocycles. The van der Waals surface area contributed by atoms with Crippen LogP contribution < -0.4 is 5.73 Å². The van der Waals surface area contributed by atoms with Crippen molar-refractivity contribution in [1.29, 1.82) is 0 Å². The van der Waals surface area contributed by atoms with Crippen molar-refractivity contribution >= 4 is 0 Å². The second-order valence-corrected chi connectivity index (χ2v) is 4.69. The van der Waals surface area contributed by atoms with Crippen LogP contribution in [0.4, 0.5) is 0 Å². The zero-order valence-electron chi connectivity index (χ0n) is 10.6. The number of hydrogen-bond donors (Lipinski definition) is 2. The van der Waals surface area contributed by atoms with Gasteiger partial charge in [0.05, 0.1) is 5.69 Å². The van der Waals surface area contributed by atoms with Crippen molar-refractivity contribution in [2.45, 2.75) is 26.7 Å². The van der Waals surface area contributed by atoms with Crippen LogP contribution in [0.5, 0.6) is 0 Å². The number of benzene rings is 1. The molecule has 1 unspecified atom stereocenters. The molecular formula is C14H19N3. The summed E-state index contributed by atoms with van der Waals surface area (Å²) in [5.74, 6) is 0.179. The van der Waals surface area contributed by atoms with Crippen molar-refractivity contribution in [3.8, 4) is 0 Å². The van der Waals surface area contributed by atoms with E-state index in [0.717, 1.165) is 11.4 Å². The van der Waals surface area contributed by atoms with Crippen LogP contribution in [0, 0.1) is 20.8 Å². The summed E-state index contributed by atoms with van der Waals surface area (Å²) in [7, 11) is 0. The maximum atomic E-state index is 5.89. The second-order valence-electron chi connectivity index (χ2n) is 4.69. The number of aryl methyl sites for hydroxylation is 3. The van der Waals surface area contributed by atoms with Gasteiger partial charge < -0.3 is 5.73 Å². The first-order valence-electron chi connectivity index (χ1n) is 5.90. The zero-order valence-corrected chi connectivity index (χ0v) is 10.6. The lowest BCUT2D eigenvalue weighted by molar-refractivity contribution is 0.777. The molecule has 3 nitrogen and oxygen atoms in total. The van der Waals surface area contributed by atoms with Gasteiger partial charge in [-0.05, 0) is 32.4 Å². The summed E-state index contributed by atoms with van der Waals surface area (Å²) in [5, 5.41) is 7.29. The Bertz CT molecular complexity index is 494. The molecule has 0 bridgehead atoms. The van der Waals surface area contributed by atoms with Gasteiger partial charge in [-0.3, -0.25) is 5.10 Å². The summed E-state index contributed by atoms with van der Waals surface area (Å²) >= 11 is 0. The van der Waals surface area contributed by atoms with Gasteiger partial charge in [-0.2, -0.15) is 5.10 Å². The van der Waals surface area contributed by atoms with Crippen LogP contribution in [0.3, 0.4) is 0 Å². The highest BCUT2D eigenvalue weighted by Crippen LogP contribution is 2.24. The fraction of sp³-hybridized carbons (Fsp3) is 0.357. The Kier molecular flexibility index (Phi) is 3.29. The summed E-state index contributed by atoms with van der Waals surface area (Å²) in [5.41, 5.74) is 11.8. The molecule has 0 saturated heterocycles. The number of hydrogen-bond acceptors (Lipinski definition) is 2. The molecule has 0 spiro atoms. The first kappa shape index (κ1) is 11.9. The van der Waals surface area contributed by atoms with Crippen LogP contribution >= 0.6 is 0 Å². The van der Waals surface area contributed by atoms with E-state index in [1.165, 1.54) is 16.7 Å². The lowest BCUT2D eigenvalue weighted by Crippen LogP contribution is -2.14. The van der Waals surface area contributed by atoms with Crippen molar-refractivity contribution < 1.29 is 0 Å². The Labute approximate surface area is 102 Å². The largest absolute Gasteiger partial charge is 0.329 e. The van der Waals surface area contributed by atoms with E-state index in [-0.39, 0.29) is 5.92 Å². The van der Waals surface area contributed by atoms with E-state index < -0.39 is 0 Å². The number of nitrogens with one attached hydrogen (secondary N) is 1. The van der Waals surface area contributed by atoms with Gasteiger partial charge in [0.25, 0.3) is 0 Å². The molecule has 1 atom stereocenters. The fourth-order valence-corrected chi connectivity index (χ4v) is 2.26. The van der Waals surface area contributed by atoms with Gasteiger partial charge in [-0.1, -0.05) is 29.3 Å². The van der Waals surface area contributed by atoms with E-state index in [0.29, 0.717) is 6.54 Å².